The van der Waals surface area contributed by atoms with Gasteiger partial charge in [0.05, 0.1) is 6.04 Å². The Kier molecular flexibility index (Phi) is 4.38. The molecule has 1 unspecified atom stereocenters. The molecule has 0 bridgehead atoms. The Morgan fingerprint density at radius 1 is 1.28 bits per heavy atom. The average molecular weight is 343 g/mol. The Hall–Kier alpha value is -2.44. The second-order valence-electron chi connectivity index (χ2n) is 6.80. The lowest BCUT2D eigenvalue weighted by Gasteiger charge is -2.19. The SMILES string of the molecule is O=C(NCCc1nnc2n1CCC2)NC(c1ccc(F)cc1)C1CC1. The van der Waals surface area contributed by atoms with E-state index >= 15 is 0 Å². The molecule has 2 N–H and O–H groups in total. The van der Waals surface area contributed by atoms with Crippen molar-refractivity contribution in [1.82, 2.24) is 25.4 Å². The summed E-state index contributed by atoms with van der Waals surface area (Å²) >= 11 is 0. The van der Waals surface area contributed by atoms with E-state index in [0.29, 0.717) is 18.9 Å². The number of rotatable bonds is 6. The van der Waals surface area contributed by atoms with E-state index in [4.69, 9.17) is 0 Å². The number of hydrogen-bond donors (Lipinski definition) is 2. The third-order valence-electron chi connectivity index (χ3n) is 4.93. The maximum absolute atomic E-state index is 13.1. The molecule has 7 heteroatoms. The summed E-state index contributed by atoms with van der Waals surface area (Å²) in [5.41, 5.74) is 0.953. The highest BCUT2D eigenvalue weighted by Crippen LogP contribution is 2.40. The molecule has 1 fully saturated rings. The Labute approximate surface area is 145 Å². The van der Waals surface area contributed by atoms with E-state index in [1.807, 2.05) is 0 Å². The number of carbonyl (C=O) groups excluding carboxylic acids is 1. The van der Waals surface area contributed by atoms with Crippen LogP contribution in [-0.4, -0.2) is 27.3 Å². The van der Waals surface area contributed by atoms with Crippen molar-refractivity contribution in [1.29, 1.82) is 0 Å². The fraction of sp³-hybridized carbons (Fsp3) is 0.500. The maximum Gasteiger partial charge on any atom is 0.315 e. The topological polar surface area (TPSA) is 71.8 Å². The highest BCUT2D eigenvalue weighted by molar-refractivity contribution is 5.74. The smallest absolute Gasteiger partial charge is 0.315 e. The minimum absolute atomic E-state index is 0.0575. The second kappa shape index (κ2) is 6.82. The normalized spacial score (nSPS) is 17.2. The summed E-state index contributed by atoms with van der Waals surface area (Å²) in [5.74, 6) is 2.16. The number of halogens is 1. The molecular weight excluding hydrogens is 321 g/mol. The quantitative estimate of drug-likeness (QED) is 0.846. The van der Waals surface area contributed by atoms with Crippen LogP contribution in [0.3, 0.4) is 0 Å². The number of fused-ring (bicyclic) bond motifs is 1. The molecule has 0 spiro atoms. The van der Waals surface area contributed by atoms with Crippen molar-refractivity contribution in [2.24, 2.45) is 5.92 Å². The van der Waals surface area contributed by atoms with Gasteiger partial charge in [-0.15, -0.1) is 10.2 Å². The number of aryl methyl sites for hydroxylation is 1. The van der Waals surface area contributed by atoms with Crippen molar-refractivity contribution >= 4 is 6.03 Å². The van der Waals surface area contributed by atoms with Crippen LogP contribution in [-0.2, 0) is 19.4 Å². The van der Waals surface area contributed by atoms with Crippen LogP contribution in [0, 0.1) is 11.7 Å². The summed E-state index contributed by atoms with van der Waals surface area (Å²) in [4.78, 5) is 12.2. The van der Waals surface area contributed by atoms with Gasteiger partial charge in [-0.1, -0.05) is 12.1 Å². The summed E-state index contributed by atoms with van der Waals surface area (Å²) in [5, 5.41) is 14.3. The van der Waals surface area contributed by atoms with E-state index in [1.54, 1.807) is 12.1 Å². The molecule has 2 aromatic rings. The lowest BCUT2D eigenvalue weighted by atomic mass is 10.0. The molecule has 1 aliphatic heterocycles. The molecule has 2 aliphatic rings. The van der Waals surface area contributed by atoms with Gasteiger partial charge in [-0.05, 0) is 42.9 Å². The zero-order valence-corrected chi connectivity index (χ0v) is 14.0. The molecule has 1 aliphatic carbocycles. The second-order valence-corrected chi connectivity index (χ2v) is 6.80. The number of hydrogen-bond acceptors (Lipinski definition) is 3. The maximum atomic E-state index is 13.1. The molecule has 6 nitrogen and oxygen atoms in total. The Balaban J connectivity index is 1.30. The molecule has 2 heterocycles. The van der Waals surface area contributed by atoms with E-state index in [1.165, 1.54) is 12.1 Å². The van der Waals surface area contributed by atoms with Crippen molar-refractivity contribution in [3.8, 4) is 0 Å². The van der Waals surface area contributed by atoms with Crippen molar-refractivity contribution in [2.75, 3.05) is 6.54 Å². The number of amides is 2. The third kappa shape index (κ3) is 3.65. The molecule has 0 saturated heterocycles. The van der Waals surface area contributed by atoms with Crippen LogP contribution in [0.2, 0.25) is 0 Å². The van der Waals surface area contributed by atoms with Crippen LogP contribution < -0.4 is 10.6 Å². The number of aromatic nitrogens is 3. The van der Waals surface area contributed by atoms with Gasteiger partial charge in [0.25, 0.3) is 0 Å². The monoisotopic (exact) mass is 343 g/mol. The molecule has 0 radical (unpaired) electrons. The lowest BCUT2D eigenvalue weighted by Crippen LogP contribution is -2.39. The van der Waals surface area contributed by atoms with Crippen molar-refractivity contribution in [3.05, 3.63) is 47.3 Å². The molecule has 1 aromatic heterocycles. The first-order chi connectivity index (χ1) is 12.2. The largest absolute Gasteiger partial charge is 0.338 e. The van der Waals surface area contributed by atoms with Gasteiger partial charge in [-0.2, -0.15) is 0 Å². The van der Waals surface area contributed by atoms with Gasteiger partial charge in [0.15, 0.2) is 0 Å². The van der Waals surface area contributed by atoms with Crippen LogP contribution in [0.5, 0.6) is 0 Å². The summed E-state index contributed by atoms with van der Waals surface area (Å²) in [6.07, 6.45) is 4.96. The zero-order chi connectivity index (χ0) is 17.2. The average Bonchev–Trinajstić information content (AvgIpc) is 3.21. The van der Waals surface area contributed by atoms with Crippen LogP contribution in [0.25, 0.3) is 0 Å². The Bertz CT molecular complexity index is 753. The van der Waals surface area contributed by atoms with Gasteiger partial charge in [0.1, 0.15) is 17.5 Å². The molecular formula is C18H22FN5O. The van der Waals surface area contributed by atoms with Crippen LogP contribution in [0.15, 0.2) is 24.3 Å². The number of benzene rings is 1. The van der Waals surface area contributed by atoms with Gasteiger partial charge in [0, 0.05) is 25.9 Å². The van der Waals surface area contributed by atoms with Gasteiger partial charge in [-0.25, -0.2) is 9.18 Å². The predicted octanol–water partition coefficient (Wildman–Crippen LogP) is 2.36. The fourth-order valence-corrected chi connectivity index (χ4v) is 3.45. The van der Waals surface area contributed by atoms with E-state index in [0.717, 1.165) is 49.4 Å². The minimum atomic E-state index is -0.261. The van der Waals surface area contributed by atoms with Crippen molar-refractivity contribution < 1.29 is 9.18 Å². The van der Waals surface area contributed by atoms with E-state index in [9.17, 15) is 9.18 Å². The molecule has 1 saturated carbocycles. The predicted molar refractivity (Wildman–Crippen MR) is 90.4 cm³/mol. The van der Waals surface area contributed by atoms with Crippen molar-refractivity contribution in [3.63, 3.8) is 0 Å². The summed E-state index contributed by atoms with van der Waals surface area (Å²) in [6, 6.07) is 6.13. The molecule has 2 amide bonds. The lowest BCUT2D eigenvalue weighted by molar-refractivity contribution is 0.235. The van der Waals surface area contributed by atoms with Gasteiger partial charge >= 0.3 is 6.03 Å². The summed E-state index contributed by atoms with van der Waals surface area (Å²) < 4.78 is 15.3. The number of urea groups is 1. The Morgan fingerprint density at radius 2 is 2.08 bits per heavy atom. The first-order valence-corrected chi connectivity index (χ1v) is 8.91. The number of nitrogens with one attached hydrogen (secondary N) is 2. The highest BCUT2D eigenvalue weighted by Gasteiger charge is 2.33. The van der Waals surface area contributed by atoms with Gasteiger partial charge < -0.3 is 15.2 Å². The first kappa shape index (κ1) is 16.1. The van der Waals surface area contributed by atoms with Crippen molar-refractivity contribution in [2.45, 2.75) is 44.7 Å². The van der Waals surface area contributed by atoms with Crippen LogP contribution >= 0.6 is 0 Å². The van der Waals surface area contributed by atoms with E-state index < -0.39 is 0 Å². The van der Waals surface area contributed by atoms with Crippen LogP contribution in [0.4, 0.5) is 9.18 Å². The summed E-state index contributed by atoms with van der Waals surface area (Å²) in [6.45, 7) is 1.49. The number of nitrogens with zero attached hydrogens (tertiary/aromatic N) is 3. The van der Waals surface area contributed by atoms with Gasteiger partial charge in [-0.3, -0.25) is 0 Å². The molecule has 1 atom stereocenters. The first-order valence-electron chi connectivity index (χ1n) is 8.91. The standard InChI is InChI=1S/C18H22FN5O/c19-14-7-5-13(6-8-14)17(12-3-4-12)21-18(25)20-10-9-16-23-22-15-2-1-11-24(15)16/h5-8,12,17H,1-4,9-11H2,(H2,20,21,25). The molecule has 4 rings (SSSR count). The molecule has 25 heavy (non-hydrogen) atoms. The fourth-order valence-electron chi connectivity index (χ4n) is 3.45. The highest BCUT2D eigenvalue weighted by atomic mass is 19.1. The minimum Gasteiger partial charge on any atom is -0.338 e. The van der Waals surface area contributed by atoms with E-state index in [2.05, 4.69) is 25.4 Å². The third-order valence-corrected chi connectivity index (χ3v) is 4.93. The summed E-state index contributed by atoms with van der Waals surface area (Å²) in [7, 11) is 0. The molecule has 1 aromatic carbocycles. The zero-order valence-electron chi connectivity index (χ0n) is 14.0. The molecule has 132 valence electrons. The number of carbonyl (C=O) groups is 1. The van der Waals surface area contributed by atoms with E-state index in [-0.39, 0.29) is 17.9 Å². The van der Waals surface area contributed by atoms with Gasteiger partial charge in [0.2, 0.25) is 0 Å². The Morgan fingerprint density at radius 3 is 2.84 bits per heavy atom. The van der Waals surface area contributed by atoms with Crippen LogP contribution in [0.1, 0.15) is 42.5 Å².